The number of hydrogen-bond donors (Lipinski definition) is 1. The third-order valence-corrected chi connectivity index (χ3v) is 4.75. The maximum absolute atomic E-state index is 11.6. The first-order chi connectivity index (χ1) is 9.70. The fraction of sp³-hybridized carbons (Fsp3) is 0.562. The molecule has 0 aliphatic carbocycles. The van der Waals surface area contributed by atoms with Crippen LogP contribution < -0.4 is 0 Å². The Hall–Kier alpha value is -1.39. The number of likely N-dealkylation sites (tertiary alicyclic amines) is 1. The molecule has 0 unspecified atom stereocenters. The van der Waals surface area contributed by atoms with Gasteiger partial charge >= 0.3 is 5.97 Å². The molecule has 2 aliphatic heterocycles. The van der Waals surface area contributed by atoms with Crippen LogP contribution in [0.15, 0.2) is 30.3 Å². The van der Waals surface area contributed by atoms with Crippen molar-refractivity contribution in [3.8, 4) is 0 Å². The number of nitrogens with zero attached hydrogens (tertiary/aromatic N) is 1. The van der Waals surface area contributed by atoms with Crippen LogP contribution in [-0.4, -0.2) is 42.3 Å². The molecule has 2 fully saturated rings. The van der Waals surface area contributed by atoms with Crippen molar-refractivity contribution in [2.75, 3.05) is 26.3 Å². The molecule has 4 heteroatoms. The van der Waals surface area contributed by atoms with E-state index in [-0.39, 0.29) is 11.3 Å². The summed E-state index contributed by atoms with van der Waals surface area (Å²) in [4.78, 5) is 13.9. The molecule has 1 aromatic carbocycles. The Morgan fingerprint density at radius 2 is 2.00 bits per heavy atom. The van der Waals surface area contributed by atoms with E-state index in [9.17, 15) is 9.90 Å². The van der Waals surface area contributed by atoms with E-state index in [0.29, 0.717) is 19.8 Å². The van der Waals surface area contributed by atoms with Crippen molar-refractivity contribution in [2.45, 2.75) is 19.4 Å². The van der Waals surface area contributed by atoms with Gasteiger partial charge in [-0.25, -0.2) is 0 Å². The Morgan fingerprint density at radius 3 is 2.65 bits per heavy atom. The van der Waals surface area contributed by atoms with Gasteiger partial charge in [-0.15, -0.1) is 0 Å². The average molecular weight is 275 g/mol. The summed E-state index contributed by atoms with van der Waals surface area (Å²) in [6.45, 7) is 3.77. The molecule has 20 heavy (non-hydrogen) atoms. The summed E-state index contributed by atoms with van der Waals surface area (Å²) in [7, 11) is 0. The molecule has 1 spiro atoms. The predicted molar refractivity (Wildman–Crippen MR) is 75.3 cm³/mol. The van der Waals surface area contributed by atoms with Crippen molar-refractivity contribution in [1.29, 1.82) is 0 Å². The van der Waals surface area contributed by atoms with Gasteiger partial charge in [-0.05, 0) is 18.4 Å². The summed E-state index contributed by atoms with van der Waals surface area (Å²) < 4.78 is 5.43. The van der Waals surface area contributed by atoms with Crippen LogP contribution in [0.25, 0.3) is 0 Å². The third kappa shape index (κ3) is 2.58. The predicted octanol–water partition coefficient (Wildman–Crippen LogP) is 2.00. The Labute approximate surface area is 119 Å². The van der Waals surface area contributed by atoms with Crippen molar-refractivity contribution in [3.05, 3.63) is 35.9 Å². The maximum atomic E-state index is 11.6. The summed E-state index contributed by atoms with van der Waals surface area (Å²) in [5.41, 5.74) is 1.17. The molecule has 3 rings (SSSR count). The second-order valence-corrected chi connectivity index (χ2v) is 6.02. The normalized spacial score (nSPS) is 25.9. The highest BCUT2D eigenvalue weighted by Gasteiger charge is 2.50. The first kappa shape index (κ1) is 13.6. The quantitative estimate of drug-likeness (QED) is 0.916. The lowest BCUT2D eigenvalue weighted by Gasteiger charge is -2.36. The Morgan fingerprint density at radius 1 is 1.30 bits per heavy atom. The molecule has 108 valence electrons. The largest absolute Gasteiger partial charge is 0.481 e. The van der Waals surface area contributed by atoms with E-state index in [4.69, 9.17) is 4.74 Å². The highest BCUT2D eigenvalue weighted by atomic mass is 16.5. The van der Waals surface area contributed by atoms with Gasteiger partial charge in [0.2, 0.25) is 0 Å². The van der Waals surface area contributed by atoms with Gasteiger partial charge in [-0.3, -0.25) is 9.69 Å². The van der Waals surface area contributed by atoms with Gasteiger partial charge in [0, 0.05) is 38.3 Å². The lowest BCUT2D eigenvalue weighted by molar-refractivity contribution is -0.146. The van der Waals surface area contributed by atoms with Crippen LogP contribution in [0.2, 0.25) is 0 Å². The number of carboxylic acids is 1. The van der Waals surface area contributed by atoms with Crippen molar-refractivity contribution in [1.82, 2.24) is 4.90 Å². The summed E-state index contributed by atoms with van der Waals surface area (Å²) in [5, 5.41) is 9.55. The molecule has 0 amide bonds. The number of hydrogen-bond acceptors (Lipinski definition) is 3. The van der Waals surface area contributed by atoms with E-state index in [1.807, 2.05) is 18.2 Å². The summed E-state index contributed by atoms with van der Waals surface area (Å²) in [6, 6.07) is 10.3. The molecule has 1 atom stereocenters. The molecular formula is C16H21NO3. The number of carbonyl (C=O) groups is 1. The number of rotatable bonds is 3. The van der Waals surface area contributed by atoms with Gasteiger partial charge in [0.25, 0.3) is 0 Å². The van der Waals surface area contributed by atoms with E-state index >= 15 is 0 Å². The molecule has 0 aromatic heterocycles. The van der Waals surface area contributed by atoms with Crippen LogP contribution in [0.4, 0.5) is 0 Å². The number of ether oxygens (including phenoxy) is 1. The van der Waals surface area contributed by atoms with Crippen LogP contribution in [-0.2, 0) is 16.1 Å². The first-order valence-electron chi connectivity index (χ1n) is 7.26. The van der Waals surface area contributed by atoms with Crippen molar-refractivity contribution >= 4 is 5.97 Å². The molecule has 2 saturated heterocycles. The van der Waals surface area contributed by atoms with Crippen molar-refractivity contribution in [2.24, 2.45) is 11.3 Å². The minimum Gasteiger partial charge on any atom is -0.481 e. The fourth-order valence-electron chi connectivity index (χ4n) is 3.66. The lowest BCUT2D eigenvalue weighted by Crippen LogP contribution is -2.40. The minimum absolute atomic E-state index is 0.0845. The average Bonchev–Trinajstić information content (AvgIpc) is 2.79. The van der Waals surface area contributed by atoms with E-state index < -0.39 is 5.97 Å². The van der Waals surface area contributed by atoms with Crippen LogP contribution in [0.1, 0.15) is 18.4 Å². The second-order valence-electron chi connectivity index (χ2n) is 6.02. The summed E-state index contributed by atoms with van der Waals surface area (Å²) in [6.07, 6.45) is 1.74. The lowest BCUT2D eigenvalue weighted by atomic mass is 9.72. The molecule has 1 N–H and O–H groups in total. The second kappa shape index (κ2) is 5.54. The SMILES string of the molecule is O=C(O)[C@H]1CN(Cc2ccccc2)CC12CCOCC2. The minimum atomic E-state index is -0.650. The molecule has 4 nitrogen and oxygen atoms in total. The highest BCUT2D eigenvalue weighted by Crippen LogP contribution is 2.44. The van der Waals surface area contributed by atoms with Crippen molar-refractivity contribution in [3.63, 3.8) is 0 Å². The van der Waals surface area contributed by atoms with Gasteiger partial charge in [-0.2, -0.15) is 0 Å². The van der Waals surface area contributed by atoms with Crippen molar-refractivity contribution < 1.29 is 14.6 Å². The number of carboxylic acid groups (broad SMARTS) is 1. The topological polar surface area (TPSA) is 49.8 Å². The van der Waals surface area contributed by atoms with Gasteiger partial charge < -0.3 is 9.84 Å². The zero-order valence-electron chi connectivity index (χ0n) is 11.6. The van der Waals surface area contributed by atoms with Gasteiger partial charge in [0.1, 0.15) is 0 Å². The maximum Gasteiger partial charge on any atom is 0.308 e. The third-order valence-electron chi connectivity index (χ3n) is 4.75. The molecule has 0 bridgehead atoms. The zero-order valence-corrected chi connectivity index (χ0v) is 11.6. The number of aliphatic carboxylic acids is 1. The van der Waals surface area contributed by atoms with Crippen LogP contribution >= 0.6 is 0 Å². The van der Waals surface area contributed by atoms with Crippen LogP contribution in [0.5, 0.6) is 0 Å². The zero-order chi connectivity index (χ0) is 14.0. The Balaban J connectivity index is 1.74. The summed E-state index contributed by atoms with van der Waals surface area (Å²) >= 11 is 0. The molecule has 2 heterocycles. The van der Waals surface area contributed by atoms with Crippen LogP contribution in [0, 0.1) is 11.3 Å². The van der Waals surface area contributed by atoms with E-state index in [2.05, 4.69) is 17.0 Å². The number of benzene rings is 1. The monoisotopic (exact) mass is 275 g/mol. The molecule has 0 radical (unpaired) electrons. The molecule has 0 saturated carbocycles. The highest BCUT2D eigenvalue weighted by molar-refractivity contribution is 5.72. The summed E-state index contributed by atoms with van der Waals surface area (Å²) in [5.74, 6) is -0.905. The van der Waals surface area contributed by atoms with E-state index in [0.717, 1.165) is 25.9 Å². The molecule has 2 aliphatic rings. The Kier molecular flexibility index (Phi) is 3.76. The fourth-order valence-corrected chi connectivity index (χ4v) is 3.66. The van der Waals surface area contributed by atoms with Gasteiger partial charge in [-0.1, -0.05) is 30.3 Å². The Bertz CT molecular complexity index is 468. The first-order valence-corrected chi connectivity index (χ1v) is 7.26. The van der Waals surface area contributed by atoms with Gasteiger partial charge in [0.15, 0.2) is 0 Å². The molecular weight excluding hydrogens is 254 g/mol. The van der Waals surface area contributed by atoms with Crippen LogP contribution in [0.3, 0.4) is 0 Å². The smallest absolute Gasteiger partial charge is 0.308 e. The van der Waals surface area contributed by atoms with E-state index in [1.54, 1.807) is 0 Å². The molecule has 1 aromatic rings. The van der Waals surface area contributed by atoms with E-state index in [1.165, 1.54) is 5.56 Å². The standard InChI is InChI=1S/C16H21NO3/c18-15(19)14-11-17(10-13-4-2-1-3-5-13)12-16(14)6-8-20-9-7-16/h1-5,14H,6-12H2,(H,18,19)/t14-/m1/s1. The van der Waals surface area contributed by atoms with Gasteiger partial charge in [0.05, 0.1) is 5.92 Å².